The Labute approximate surface area is 388 Å². The van der Waals surface area contributed by atoms with Crippen molar-refractivity contribution in [3.63, 3.8) is 0 Å². The number of nitrogens with zero attached hydrogens (tertiary/aromatic N) is 1. The monoisotopic (exact) mass is 986 g/mol. The van der Waals surface area contributed by atoms with Gasteiger partial charge in [0.25, 0.3) is 19.1 Å². The fourth-order valence-corrected chi connectivity index (χ4v) is 12.5. The molecule has 2 atom stereocenters. The van der Waals surface area contributed by atoms with Crippen LogP contribution in [-0.2, 0) is 27.9 Å². The largest absolute Gasteiger partial charge is 0.489 e. The molecule has 2 unspecified atom stereocenters. The van der Waals surface area contributed by atoms with E-state index in [2.05, 4.69) is 73.0 Å². The van der Waals surface area contributed by atoms with Crippen LogP contribution in [0.1, 0.15) is 60.1 Å². The van der Waals surface area contributed by atoms with E-state index in [4.69, 9.17) is 52.2 Å². The van der Waals surface area contributed by atoms with Crippen molar-refractivity contribution >= 4 is 81.0 Å². The summed E-state index contributed by atoms with van der Waals surface area (Å²) in [6, 6.07) is 24.9. The van der Waals surface area contributed by atoms with Crippen molar-refractivity contribution in [3.05, 3.63) is 106 Å². The molecule has 0 saturated heterocycles. The van der Waals surface area contributed by atoms with Crippen LogP contribution in [0.15, 0.2) is 94.7 Å². The maximum atomic E-state index is 13.9. The van der Waals surface area contributed by atoms with E-state index in [1.807, 2.05) is 30.3 Å². The number of hydrogen-bond acceptors (Lipinski definition) is 9. The van der Waals surface area contributed by atoms with Crippen molar-refractivity contribution in [2.75, 3.05) is 36.0 Å². The van der Waals surface area contributed by atoms with Crippen LogP contribution in [0.25, 0.3) is 0 Å². The molecule has 1 N–H and O–H groups in total. The fraction of sp³-hybridized carbons (Fsp3) is 0.467. The number of halogens is 3. The number of para-hydroxylation sites is 4. The molecule has 2 aliphatic rings. The Morgan fingerprint density at radius 3 is 1.65 bits per heavy atom. The lowest BCUT2D eigenvalue weighted by Gasteiger charge is -2.41. The standard InChI is InChI=1S/C22H30ClNO4SSi.C15H25NO2Si.C7H6Cl2O2S.CH4/c1-16-10-9-11-18(23)21(16)29(25,26)24-17(15-28-30(5,6)22(2,3)4)14-27-20-13-8-7-12-19(20)24;1-15(2,3)19(4,5)18-11-12-10-17-14-9-7-6-8-13(14)16-12;1-5-3-2-4-6(8)7(5)12(9,10)11;/h7-13,17H,14-15H2,1-6H3;6-9,12,16H,10-11H2,1-5H3;2-4H,1H3;1H4. The van der Waals surface area contributed by atoms with Crippen LogP contribution in [0.3, 0.4) is 0 Å². The Morgan fingerprint density at radius 1 is 0.677 bits per heavy atom. The van der Waals surface area contributed by atoms with Gasteiger partial charge in [-0.25, -0.2) is 16.8 Å². The third kappa shape index (κ3) is 13.2. The van der Waals surface area contributed by atoms with Crippen LogP contribution in [-0.4, -0.2) is 72.0 Å². The zero-order chi connectivity index (χ0) is 45.8. The summed E-state index contributed by atoms with van der Waals surface area (Å²) in [6.45, 7) is 27.4. The van der Waals surface area contributed by atoms with E-state index in [9.17, 15) is 16.8 Å². The van der Waals surface area contributed by atoms with Crippen LogP contribution in [0.5, 0.6) is 11.5 Å². The predicted octanol–water partition coefficient (Wildman–Crippen LogP) is 12.7. The second-order valence-electron chi connectivity index (χ2n) is 18.2. The van der Waals surface area contributed by atoms with E-state index in [1.165, 1.54) is 10.4 Å². The Bertz CT molecular complexity index is 2330. The molecule has 4 aromatic carbocycles. The van der Waals surface area contributed by atoms with E-state index in [0.29, 0.717) is 35.8 Å². The molecule has 0 radical (unpaired) electrons. The number of rotatable bonds is 9. The van der Waals surface area contributed by atoms with Gasteiger partial charge in [-0.3, -0.25) is 4.31 Å². The molecule has 0 saturated carbocycles. The topological polar surface area (TPSA) is 120 Å². The summed E-state index contributed by atoms with van der Waals surface area (Å²) in [5, 5.41) is 4.13. The van der Waals surface area contributed by atoms with E-state index < -0.39 is 41.8 Å². The zero-order valence-corrected chi connectivity index (χ0v) is 43.1. The van der Waals surface area contributed by atoms with E-state index in [1.54, 1.807) is 62.4 Å². The third-order valence-corrected chi connectivity index (χ3v) is 25.0. The fourth-order valence-electron chi connectivity index (χ4n) is 5.92. The Kier molecular flexibility index (Phi) is 18.1. The highest BCUT2D eigenvalue weighted by atomic mass is 35.7. The molecule has 4 aromatic rings. The minimum Gasteiger partial charge on any atom is -0.489 e. The minimum absolute atomic E-state index is 0. The van der Waals surface area contributed by atoms with Gasteiger partial charge in [-0.2, -0.15) is 0 Å². The Hall–Kier alpha value is -2.80. The maximum absolute atomic E-state index is 13.9. The summed E-state index contributed by atoms with van der Waals surface area (Å²) >= 11 is 12.0. The third-order valence-electron chi connectivity index (χ3n) is 11.5. The number of sulfonamides is 1. The first-order valence-corrected chi connectivity index (χ1v) is 30.4. The van der Waals surface area contributed by atoms with Gasteiger partial charge in [0.05, 0.1) is 40.7 Å². The second kappa shape index (κ2) is 21.0. The normalized spacial score (nSPS) is 16.6. The number of anilines is 2. The van der Waals surface area contributed by atoms with Crippen molar-refractivity contribution in [2.45, 2.75) is 121 Å². The maximum Gasteiger partial charge on any atom is 0.266 e. The van der Waals surface area contributed by atoms with Crippen LogP contribution < -0.4 is 19.1 Å². The van der Waals surface area contributed by atoms with E-state index in [-0.39, 0.29) is 56.6 Å². The van der Waals surface area contributed by atoms with Crippen molar-refractivity contribution in [2.24, 2.45) is 0 Å². The molecule has 0 aliphatic carbocycles. The van der Waals surface area contributed by atoms with Gasteiger partial charge in [-0.05, 0) is 97.6 Å². The summed E-state index contributed by atoms with van der Waals surface area (Å²) in [6.07, 6.45) is 0. The lowest BCUT2D eigenvalue weighted by atomic mass is 10.2. The molecule has 6 rings (SSSR count). The molecular weight excluding hydrogens is 923 g/mol. The summed E-state index contributed by atoms with van der Waals surface area (Å²) < 4.78 is 75.4. The molecule has 62 heavy (non-hydrogen) atoms. The second-order valence-corrected chi connectivity index (χ2v) is 32.9. The van der Waals surface area contributed by atoms with Gasteiger partial charge in [-0.1, -0.05) is 121 Å². The van der Waals surface area contributed by atoms with Crippen molar-refractivity contribution in [3.8, 4) is 11.5 Å². The average molecular weight is 989 g/mol. The molecule has 0 spiro atoms. The summed E-state index contributed by atoms with van der Waals surface area (Å²) in [7, 11) is -6.25. The summed E-state index contributed by atoms with van der Waals surface area (Å²) in [5.74, 6) is 1.47. The molecule has 0 aromatic heterocycles. The summed E-state index contributed by atoms with van der Waals surface area (Å²) in [5.41, 5.74) is 2.73. The van der Waals surface area contributed by atoms with Crippen LogP contribution >= 0.6 is 33.9 Å². The zero-order valence-electron chi connectivity index (χ0n) is 37.2. The molecule has 344 valence electrons. The molecule has 0 bridgehead atoms. The number of aryl methyl sites for hydroxylation is 2. The SMILES string of the molecule is C.CC(C)(C)[Si](C)(C)OCC1COc2ccccc2N1.Cc1cccc(Cl)c1S(=O)(=O)Cl.Cc1cccc(Cl)c1S(=O)(=O)N1c2ccccc2OCC1CO[Si](C)(C)C(C)(C)C. The Balaban J connectivity index is 0.000000273. The number of fused-ring (bicyclic) bond motifs is 2. The first kappa shape index (κ1) is 53.5. The van der Waals surface area contributed by atoms with Gasteiger partial charge in [0.1, 0.15) is 40.5 Å². The molecular formula is C45H65Cl3N2O8S2Si2. The molecule has 0 fully saturated rings. The van der Waals surface area contributed by atoms with Crippen LogP contribution in [0, 0.1) is 13.8 Å². The number of ether oxygens (including phenoxy) is 2. The first-order chi connectivity index (χ1) is 28.1. The van der Waals surface area contributed by atoms with Gasteiger partial charge < -0.3 is 23.6 Å². The highest BCUT2D eigenvalue weighted by Crippen LogP contribution is 2.42. The smallest absolute Gasteiger partial charge is 0.266 e. The van der Waals surface area contributed by atoms with Gasteiger partial charge in [-0.15, -0.1) is 0 Å². The van der Waals surface area contributed by atoms with Gasteiger partial charge >= 0.3 is 0 Å². The predicted molar refractivity (Wildman–Crippen MR) is 263 cm³/mol. The first-order valence-electron chi connectivity index (χ1n) is 20.1. The summed E-state index contributed by atoms with van der Waals surface area (Å²) in [4.78, 5) is 0.119. The lowest BCUT2D eigenvalue weighted by molar-refractivity contribution is 0.199. The quantitative estimate of drug-likeness (QED) is 0.129. The lowest BCUT2D eigenvalue weighted by Crippen LogP contribution is -2.52. The van der Waals surface area contributed by atoms with Crippen molar-refractivity contribution in [1.82, 2.24) is 0 Å². The molecule has 2 aliphatic heterocycles. The highest BCUT2D eigenvalue weighted by Gasteiger charge is 2.43. The van der Waals surface area contributed by atoms with E-state index >= 15 is 0 Å². The Morgan fingerprint density at radius 2 is 1.15 bits per heavy atom. The number of hydrogen-bond donors (Lipinski definition) is 1. The van der Waals surface area contributed by atoms with Crippen LogP contribution in [0.2, 0.25) is 46.3 Å². The number of nitrogens with one attached hydrogen (secondary N) is 1. The molecule has 0 amide bonds. The molecule has 10 nitrogen and oxygen atoms in total. The number of benzene rings is 4. The van der Waals surface area contributed by atoms with Gasteiger partial charge in [0, 0.05) is 10.7 Å². The van der Waals surface area contributed by atoms with Crippen molar-refractivity contribution < 1.29 is 35.2 Å². The van der Waals surface area contributed by atoms with Crippen LogP contribution in [0.4, 0.5) is 11.4 Å². The highest BCUT2D eigenvalue weighted by molar-refractivity contribution is 8.13. The minimum atomic E-state index is -3.93. The average Bonchev–Trinajstić information content (AvgIpc) is 3.15. The van der Waals surface area contributed by atoms with E-state index in [0.717, 1.165) is 11.4 Å². The van der Waals surface area contributed by atoms with Crippen molar-refractivity contribution in [1.29, 1.82) is 0 Å². The molecule has 17 heteroatoms. The molecule has 2 heterocycles. The van der Waals surface area contributed by atoms with Gasteiger partial charge in [0.2, 0.25) is 0 Å². The van der Waals surface area contributed by atoms with Gasteiger partial charge in [0.15, 0.2) is 16.6 Å².